The maximum atomic E-state index is 13.7. The molecule has 2 aromatic heterocycles. The number of benzene rings is 1. The summed E-state index contributed by atoms with van der Waals surface area (Å²) >= 11 is 7.10. The Morgan fingerprint density at radius 1 is 1.33 bits per heavy atom. The molecular formula is C15H10ClFN2O4S. The molecule has 0 aliphatic carbocycles. The average Bonchev–Trinajstić information content (AvgIpc) is 3.00. The quantitative estimate of drug-likeness (QED) is 0.690. The van der Waals surface area contributed by atoms with Crippen LogP contribution in [-0.2, 0) is 12.2 Å². The van der Waals surface area contributed by atoms with Crippen LogP contribution >= 0.6 is 23.4 Å². The Morgan fingerprint density at radius 2 is 2.17 bits per heavy atom. The molecule has 2 heterocycles. The molecule has 1 N–H and O–H groups in total. The van der Waals surface area contributed by atoms with E-state index in [4.69, 9.17) is 25.5 Å². The molecule has 0 saturated heterocycles. The Bertz CT molecular complexity index is 908. The number of aromatic hydroxyl groups is 1. The van der Waals surface area contributed by atoms with Crippen molar-refractivity contribution in [3.05, 3.63) is 68.8 Å². The molecule has 0 aliphatic heterocycles. The van der Waals surface area contributed by atoms with Crippen molar-refractivity contribution in [1.29, 1.82) is 0 Å². The van der Waals surface area contributed by atoms with E-state index in [1.54, 1.807) is 6.07 Å². The minimum absolute atomic E-state index is 0.0767. The molecule has 0 fully saturated rings. The van der Waals surface area contributed by atoms with E-state index in [1.807, 2.05) is 0 Å². The molecule has 0 bridgehead atoms. The number of rotatable bonds is 5. The lowest BCUT2D eigenvalue weighted by Crippen LogP contribution is -1.99. The van der Waals surface area contributed by atoms with Crippen LogP contribution in [0.3, 0.4) is 0 Å². The summed E-state index contributed by atoms with van der Waals surface area (Å²) in [6.45, 7) is 0. The standard InChI is InChI=1S/C15H10ClFN2O4S/c16-10-2-1-3-11(17)9(10)5-14-18-19-15(23-14)24-7-8-4-12(20)13(21)6-22-8/h1-4,6,21H,5,7H2. The molecule has 6 nitrogen and oxygen atoms in total. The fourth-order valence-electron chi connectivity index (χ4n) is 1.87. The van der Waals surface area contributed by atoms with Crippen LogP contribution in [0.2, 0.25) is 5.02 Å². The van der Waals surface area contributed by atoms with Crippen molar-refractivity contribution < 1.29 is 18.3 Å². The van der Waals surface area contributed by atoms with Crippen LogP contribution in [0, 0.1) is 5.82 Å². The number of nitrogens with zero attached hydrogens (tertiary/aromatic N) is 2. The Morgan fingerprint density at radius 3 is 2.92 bits per heavy atom. The van der Waals surface area contributed by atoms with E-state index in [9.17, 15) is 9.18 Å². The van der Waals surface area contributed by atoms with E-state index in [1.165, 1.54) is 18.2 Å². The lowest BCUT2D eigenvalue weighted by Gasteiger charge is -2.02. The zero-order chi connectivity index (χ0) is 17.1. The monoisotopic (exact) mass is 368 g/mol. The van der Waals surface area contributed by atoms with Gasteiger partial charge >= 0.3 is 0 Å². The first-order chi connectivity index (χ1) is 11.5. The third-order valence-electron chi connectivity index (χ3n) is 3.04. The van der Waals surface area contributed by atoms with Crippen molar-refractivity contribution in [3.8, 4) is 5.75 Å². The highest BCUT2D eigenvalue weighted by Gasteiger charge is 2.14. The molecule has 9 heteroatoms. The van der Waals surface area contributed by atoms with E-state index in [2.05, 4.69) is 10.2 Å². The van der Waals surface area contributed by atoms with Gasteiger partial charge in [0.05, 0.1) is 12.2 Å². The fourth-order valence-corrected chi connectivity index (χ4v) is 2.77. The van der Waals surface area contributed by atoms with E-state index in [-0.39, 0.29) is 33.9 Å². The largest absolute Gasteiger partial charge is 0.502 e. The highest BCUT2D eigenvalue weighted by atomic mass is 35.5. The van der Waals surface area contributed by atoms with E-state index >= 15 is 0 Å². The van der Waals surface area contributed by atoms with Crippen LogP contribution in [0.15, 0.2) is 49.4 Å². The van der Waals surface area contributed by atoms with Gasteiger partial charge in [-0.15, -0.1) is 10.2 Å². The first-order valence-corrected chi connectivity index (χ1v) is 8.08. The maximum absolute atomic E-state index is 13.7. The molecule has 0 amide bonds. The van der Waals surface area contributed by atoms with Crippen LogP contribution in [0.5, 0.6) is 5.75 Å². The van der Waals surface area contributed by atoms with Crippen molar-refractivity contribution in [2.75, 3.05) is 0 Å². The maximum Gasteiger partial charge on any atom is 0.277 e. The van der Waals surface area contributed by atoms with Gasteiger partial charge in [0, 0.05) is 16.7 Å². The van der Waals surface area contributed by atoms with Crippen molar-refractivity contribution in [2.24, 2.45) is 0 Å². The number of thioether (sulfide) groups is 1. The summed E-state index contributed by atoms with van der Waals surface area (Å²) in [5.41, 5.74) is -0.249. The first kappa shape index (κ1) is 16.5. The third kappa shape index (κ3) is 3.77. The van der Waals surface area contributed by atoms with Gasteiger partial charge in [0.25, 0.3) is 5.22 Å². The number of hydrogen-bond donors (Lipinski definition) is 1. The topological polar surface area (TPSA) is 89.4 Å². The summed E-state index contributed by atoms with van der Waals surface area (Å²) in [7, 11) is 0. The van der Waals surface area contributed by atoms with E-state index in [0.29, 0.717) is 5.76 Å². The van der Waals surface area contributed by atoms with Gasteiger partial charge in [0.1, 0.15) is 17.8 Å². The van der Waals surface area contributed by atoms with Crippen molar-refractivity contribution in [1.82, 2.24) is 10.2 Å². The highest BCUT2D eigenvalue weighted by molar-refractivity contribution is 7.98. The molecule has 124 valence electrons. The summed E-state index contributed by atoms with van der Waals surface area (Å²) in [5, 5.41) is 17.3. The van der Waals surface area contributed by atoms with Crippen LogP contribution in [0.25, 0.3) is 0 Å². The van der Waals surface area contributed by atoms with E-state index < -0.39 is 17.0 Å². The molecule has 3 aromatic rings. The first-order valence-electron chi connectivity index (χ1n) is 6.71. The summed E-state index contributed by atoms with van der Waals surface area (Å²) in [6, 6.07) is 5.58. The third-order valence-corrected chi connectivity index (χ3v) is 4.24. The number of hydrogen-bond acceptors (Lipinski definition) is 7. The minimum atomic E-state index is -0.530. The molecule has 0 spiro atoms. The van der Waals surface area contributed by atoms with Gasteiger partial charge in [-0.05, 0) is 12.1 Å². The molecule has 1 aromatic carbocycles. The van der Waals surface area contributed by atoms with Gasteiger partial charge < -0.3 is 13.9 Å². The summed E-state index contributed by atoms with van der Waals surface area (Å²) in [6.07, 6.45) is 1.05. The Labute approximate surface area is 144 Å². The predicted octanol–water partition coefficient (Wildman–Crippen LogP) is 3.40. The smallest absolute Gasteiger partial charge is 0.277 e. The number of halogens is 2. The van der Waals surface area contributed by atoms with Crippen LogP contribution in [0.1, 0.15) is 17.2 Å². The summed E-state index contributed by atoms with van der Waals surface area (Å²) < 4.78 is 24.2. The predicted molar refractivity (Wildman–Crippen MR) is 84.7 cm³/mol. The second-order valence-corrected chi connectivity index (χ2v) is 6.06. The molecule has 0 aliphatic rings. The molecule has 0 saturated carbocycles. The fraction of sp³-hybridized carbons (Fsp3) is 0.133. The van der Waals surface area contributed by atoms with Crippen molar-refractivity contribution in [2.45, 2.75) is 17.4 Å². The molecule has 24 heavy (non-hydrogen) atoms. The SMILES string of the molecule is O=c1cc(CSc2nnc(Cc3c(F)cccc3Cl)o2)occ1O. The van der Waals surface area contributed by atoms with Crippen molar-refractivity contribution >= 4 is 23.4 Å². The number of aromatic nitrogens is 2. The highest BCUT2D eigenvalue weighted by Crippen LogP contribution is 2.25. The van der Waals surface area contributed by atoms with Crippen LogP contribution in [-0.4, -0.2) is 15.3 Å². The van der Waals surface area contributed by atoms with Gasteiger partial charge in [-0.2, -0.15) is 0 Å². The van der Waals surface area contributed by atoms with Gasteiger partial charge in [-0.25, -0.2) is 4.39 Å². The van der Waals surface area contributed by atoms with Gasteiger partial charge in [-0.3, -0.25) is 4.79 Å². The zero-order valence-corrected chi connectivity index (χ0v) is 13.6. The lowest BCUT2D eigenvalue weighted by molar-refractivity contribution is 0.413. The Kier molecular flexibility index (Phi) is 4.86. The van der Waals surface area contributed by atoms with Crippen LogP contribution in [0.4, 0.5) is 4.39 Å². The van der Waals surface area contributed by atoms with Crippen LogP contribution < -0.4 is 5.43 Å². The van der Waals surface area contributed by atoms with E-state index in [0.717, 1.165) is 18.0 Å². The van der Waals surface area contributed by atoms with Gasteiger partial charge in [0.15, 0.2) is 5.75 Å². The molecule has 0 atom stereocenters. The summed E-state index contributed by atoms with van der Waals surface area (Å²) in [5.74, 6) is -0.0693. The Balaban J connectivity index is 1.67. The summed E-state index contributed by atoms with van der Waals surface area (Å²) in [4.78, 5) is 11.3. The lowest BCUT2D eigenvalue weighted by atomic mass is 10.1. The zero-order valence-electron chi connectivity index (χ0n) is 12.0. The second-order valence-electron chi connectivity index (χ2n) is 4.72. The second kappa shape index (κ2) is 7.06. The minimum Gasteiger partial charge on any atom is -0.502 e. The average molecular weight is 369 g/mol. The Hall–Kier alpha value is -2.32. The molecular weight excluding hydrogens is 359 g/mol. The van der Waals surface area contributed by atoms with Crippen molar-refractivity contribution in [3.63, 3.8) is 0 Å². The van der Waals surface area contributed by atoms with Gasteiger partial charge in [-0.1, -0.05) is 29.4 Å². The van der Waals surface area contributed by atoms with Gasteiger partial charge in [0.2, 0.25) is 11.3 Å². The molecule has 3 rings (SSSR count). The normalized spacial score (nSPS) is 10.9. The molecule has 0 radical (unpaired) electrons. The molecule has 0 unspecified atom stereocenters.